The van der Waals surface area contributed by atoms with Gasteiger partial charge < -0.3 is 10.6 Å². The van der Waals surface area contributed by atoms with Crippen molar-refractivity contribution in [2.45, 2.75) is 25.7 Å². The number of carbonyl (C=O) groups excluding carboxylic acids is 2. The van der Waals surface area contributed by atoms with E-state index in [1.165, 1.54) is 19.1 Å². The van der Waals surface area contributed by atoms with Gasteiger partial charge in [-0.2, -0.15) is 0 Å². The van der Waals surface area contributed by atoms with Gasteiger partial charge in [-0.15, -0.1) is 0 Å². The Morgan fingerprint density at radius 1 is 0.710 bits per heavy atom. The summed E-state index contributed by atoms with van der Waals surface area (Å²) in [5, 5.41) is 5.41. The Balaban J connectivity index is 1.67. The number of carbonyl (C=O) groups is 2. The van der Waals surface area contributed by atoms with E-state index < -0.39 is 10.0 Å². The van der Waals surface area contributed by atoms with Gasteiger partial charge in [0, 0.05) is 29.5 Å². The molecule has 0 aliphatic heterocycles. The Morgan fingerprint density at radius 3 is 1.81 bits per heavy atom. The molecule has 8 heteroatoms. The summed E-state index contributed by atoms with van der Waals surface area (Å²) >= 11 is 0. The van der Waals surface area contributed by atoms with Crippen LogP contribution in [0.4, 0.5) is 17.1 Å². The van der Waals surface area contributed by atoms with Crippen molar-refractivity contribution >= 4 is 38.9 Å². The van der Waals surface area contributed by atoms with E-state index in [4.69, 9.17) is 0 Å². The first kappa shape index (κ1) is 22.0. The van der Waals surface area contributed by atoms with Crippen molar-refractivity contribution < 1.29 is 18.0 Å². The molecular formula is C23H23N3O4S. The molecule has 0 saturated heterocycles. The average Bonchev–Trinajstić information content (AvgIpc) is 2.71. The van der Waals surface area contributed by atoms with Crippen molar-refractivity contribution in [1.29, 1.82) is 0 Å². The largest absolute Gasteiger partial charge is 0.326 e. The topological polar surface area (TPSA) is 104 Å². The fourth-order valence-corrected chi connectivity index (χ4v) is 3.97. The van der Waals surface area contributed by atoms with Crippen molar-refractivity contribution in [2.24, 2.45) is 0 Å². The highest BCUT2D eigenvalue weighted by molar-refractivity contribution is 7.92. The molecule has 0 aliphatic carbocycles. The van der Waals surface area contributed by atoms with E-state index >= 15 is 0 Å². The van der Waals surface area contributed by atoms with Gasteiger partial charge in [0.1, 0.15) is 0 Å². The van der Waals surface area contributed by atoms with E-state index in [0.29, 0.717) is 22.6 Å². The lowest BCUT2D eigenvalue weighted by Gasteiger charge is -2.11. The summed E-state index contributed by atoms with van der Waals surface area (Å²) in [5.41, 5.74) is 3.83. The van der Waals surface area contributed by atoms with Gasteiger partial charge in [0.05, 0.1) is 4.90 Å². The van der Waals surface area contributed by atoms with E-state index in [-0.39, 0.29) is 16.7 Å². The summed E-state index contributed by atoms with van der Waals surface area (Å²) in [4.78, 5) is 23.7. The highest BCUT2D eigenvalue weighted by Gasteiger charge is 2.15. The Kier molecular flexibility index (Phi) is 6.41. The smallest absolute Gasteiger partial charge is 0.261 e. The van der Waals surface area contributed by atoms with E-state index in [0.717, 1.165) is 11.1 Å². The second-order valence-electron chi connectivity index (χ2n) is 7.14. The van der Waals surface area contributed by atoms with Crippen molar-refractivity contribution in [2.75, 3.05) is 15.4 Å². The van der Waals surface area contributed by atoms with Crippen LogP contribution in [0.2, 0.25) is 0 Å². The predicted molar refractivity (Wildman–Crippen MR) is 122 cm³/mol. The van der Waals surface area contributed by atoms with Gasteiger partial charge in [-0.05, 0) is 85.6 Å². The first-order valence-electron chi connectivity index (χ1n) is 9.53. The van der Waals surface area contributed by atoms with Crippen molar-refractivity contribution in [3.63, 3.8) is 0 Å². The molecule has 0 spiro atoms. The van der Waals surface area contributed by atoms with Gasteiger partial charge in [0.15, 0.2) is 0 Å². The molecular weight excluding hydrogens is 414 g/mol. The number of benzene rings is 3. The van der Waals surface area contributed by atoms with E-state index in [9.17, 15) is 18.0 Å². The van der Waals surface area contributed by atoms with Crippen LogP contribution >= 0.6 is 0 Å². The number of anilines is 3. The molecule has 0 radical (unpaired) electrons. The standard InChI is InChI=1S/C23H23N3O4S/c1-15-4-13-22(14-16(15)2)31(29,30)26-21-7-5-18(6-8-21)23(28)25-20-11-9-19(10-12-20)24-17(3)27/h4-14,26H,1-3H3,(H,24,27)(H,25,28). The molecule has 0 atom stereocenters. The third kappa shape index (κ3) is 5.70. The lowest BCUT2D eigenvalue weighted by Crippen LogP contribution is -2.14. The summed E-state index contributed by atoms with van der Waals surface area (Å²) in [6.45, 7) is 5.19. The molecule has 0 aromatic heterocycles. The van der Waals surface area contributed by atoms with Gasteiger partial charge in [-0.1, -0.05) is 6.07 Å². The van der Waals surface area contributed by atoms with Crippen LogP contribution in [0, 0.1) is 13.8 Å². The fraction of sp³-hybridized carbons (Fsp3) is 0.130. The van der Waals surface area contributed by atoms with Gasteiger partial charge in [-0.3, -0.25) is 14.3 Å². The molecule has 3 aromatic carbocycles. The van der Waals surface area contributed by atoms with Crippen LogP contribution in [0.3, 0.4) is 0 Å². The number of aryl methyl sites for hydroxylation is 2. The second kappa shape index (κ2) is 9.01. The van der Waals surface area contributed by atoms with Crippen LogP contribution in [0.25, 0.3) is 0 Å². The Hall–Kier alpha value is -3.65. The number of amides is 2. The van der Waals surface area contributed by atoms with Crippen LogP contribution in [-0.4, -0.2) is 20.2 Å². The Labute approximate surface area is 181 Å². The normalized spacial score (nSPS) is 10.9. The minimum atomic E-state index is -3.73. The van der Waals surface area contributed by atoms with Crippen LogP contribution in [0.1, 0.15) is 28.4 Å². The predicted octanol–water partition coefficient (Wildman–Crippen LogP) is 4.31. The molecule has 2 amide bonds. The number of nitrogens with one attached hydrogen (secondary N) is 3. The Morgan fingerprint density at radius 2 is 1.26 bits per heavy atom. The number of hydrogen-bond donors (Lipinski definition) is 3. The van der Waals surface area contributed by atoms with Crippen LogP contribution in [-0.2, 0) is 14.8 Å². The molecule has 7 nitrogen and oxygen atoms in total. The highest BCUT2D eigenvalue weighted by Crippen LogP contribution is 2.20. The number of hydrogen-bond acceptors (Lipinski definition) is 4. The number of sulfonamides is 1. The molecule has 31 heavy (non-hydrogen) atoms. The van der Waals surface area contributed by atoms with Crippen molar-refractivity contribution in [1.82, 2.24) is 0 Å². The van der Waals surface area contributed by atoms with Crippen molar-refractivity contribution in [3.8, 4) is 0 Å². The average molecular weight is 438 g/mol. The highest BCUT2D eigenvalue weighted by atomic mass is 32.2. The van der Waals surface area contributed by atoms with E-state index in [1.807, 2.05) is 13.8 Å². The summed E-state index contributed by atoms with van der Waals surface area (Å²) in [6, 6.07) is 17.8. The monoisotopic (exact) mass is 437 g/mol. The maximum atomic E-state index is 12.6. The molecule has 0 unspecified atom stereocenters. The zero-order chi connectivity index (χ0) is 22.6. The summed E-state index contributed by atoms with van der Waals surface area (Å²) in [7, 11) is -3.73. The lowest BCUT2D eigenvalue weighted by atomic mass is 10.1. The zero-order valence-electron chi connectivity index (χ0n) is 17.4. The molecule has 3 aromatic rings. The second-order valence-corrected chi connectivity index (χ2v) is 8.82. The van der Waals surface area contributed by atoms with Gasteiger partial charge in [0.2, 0.25) is 5.91 Å². The maximum absolute atomic E-state index is 12.6. The maximum Gasteiger partial charge on any atom is 0.261 e. The first-order valence-corrected chi connectivity index (χ1v) is 11.0. The molecule has 0 saturated carbocycles. The van der Waals surface area contributed by atoms with Crippen LogP contribution in [0.15, 0.2) is 71.6 Å². The SMILES string of the molecule is CC(=O)Nc1ccc(NC(=O)c2ccc(NS(=O)(=O)c3ccc(C)c(C)c3)cc2)cc1. The Bertz CT molecular complexity index is 1220. The number of rotatable bonds is 6. The zero-order valence-corrected chi connectivity index (χ0v) is 18.2. The van der Waals surface area contributed by atoms with Gasteiger partial charge >= 0.3 is 0 Å². The van der Waals surface area contributed by atoms with Gasteiger partial charge in [0.25, 0.3) is 15.9 Å². The van der Waals surface area contributed by atoms with E-state index in [2.05, 4.69) is 15.4 Å². The summed E-state index contributed by atoms with van der Waals surface area (Å²) in [6.07, 6.45) is 0. The molecule has 0 bridgehead atoms. The first-order chi connectivity index (χ1) is 14.6. The van der Waals surface area contributed by atoms with E-state index in [1.54, 1.807) is 54.6 Å². The van der Waals surface area contributed by atoms with Crippen molar-refractivity contribution in [3.05, 3.63) is 83.4 Å². The third-order valence-corrected chi connectivity index (χ3v) is 6.03. The lowest BCUT2D eigenvalue weighted by molar-refractivity contribution is -0.114. The minimum Gasteiger partial charge on any atom is -0.326 e. The molecule has 3 rings (SSSR count). The summed E-state index contributed by atoms with van der Waals surface area (Å²) in [5.74, 6) is -0.513. The quantitative estimate of drug-likeness (QED) is 0.534. The fourth-order valence-electron chi connectivity index (χ4n) is 2.83. The molecule has 0 aliphatic rings. The third-order valence-electron chi connectivity index (χ3n) is 4.65. The molecule has 0 heterocycles. The molecule has 3 N–H and O–H groups in total. The molecule has 0 fully saturated rings. The molecule has 160 valence electrons. The van der Waals surface area contributed by atoms with Gasteiger partial charge in [-0.25, -0.2) is 8.42 Å². The van der Waals surface area contributed by atoms with Crippen LogP contribution in [0.5, 0.6) is 0 Å². The minimum absolute atomic E-state index is 0.176. The van der Waals surface area contributed by atoms with Crippen LogP contribution < -0.4 is 15.4 Å². The summed E-state index contributed by atoms with van der Waals surface area (Å²) < 4.78 is 27.7.